The Bertz CT molecular complexity index is 1200. The van der Waals surface area contributed by atoms with Crippen molar-refractivity contribution in [2.24, 2.45) is 0 Å². The molecule has 0 atom stereocenters. The first-order valence-corrected chi connectivity index (χ1v) is 11.3. The minimum atomic E-state index is -1.38. The average Bonchev–Trinajstić information content (AvgIpc) is 3.00. The summed E-state index contributed by atoms with van der Waals surface area (Å²) in [5.74, 6) is -0.766. The van der Waals surface area contributed by atoms with Gasteiger partial charge >= 0.3 is 33.3 Å². The Morgan fingerprint density at radius 3 is 1.83 bits per heavy atom. The fraction of sp³-hybridized carbons (Fsp3) is 0.0500. The third kappa shape index (κ3) is 2.88. The van der Waals surface area contributed by atoms with Crippen LogP contribution in [0.15, 0.2) is 54.3 Å². The van der Waals surface area contributed by atoms with Gasteiger partial charge in [-0.1, -0.05) is 61.6 Å². The van der Waals surface area contributed by atoms with Crippen molar-refractivity contribution in [3.63, 3.8) is 0 Å². The fourth-order valence-corrected chi connectivity index (χ4v) is 6.16. The Balaban J connectivity index is 0.00000218. The summed E-state index contributed by atoms with van der Waals surface area (Å²) in [6.07, 6.45) is 0. The van der Waals surface area contributed by atoms with Gasteiger partial charge in [-0.3, -0.25) is 0 Å². The van der Waals surface area contributed by atoms with Gasteiger partial charge in [0, 0.05) is 25.6 Å². The topological polar surface area (TPSA) is 81.7 Å². The van der Waals surface area contributed by atoms with Gasteiger partial charge in [-0.05, 0) is 50.1 Å². The average molecular weight is 853 g/mol. The number of hydrogen-bond acceptors (Lipinski definition) is 5. The normalized spacial score (nSPS) is 14.9. The van der Waals surface area contributed by atoms with Crippen LogP contribution in [0.3, 0.4) is 0 Å². The standard InChI is InChI=1S/C20H8Br4O5.Pb/c21-11-5-9-17(13(23)15(11)25)28-18-10(6-12(22)16(26)14(18)24)20(9)8-4-2-1-3-7(8)19(27)29-20;/h1-6,25-26H;/q;+2/p-2. The SMILES string of the molecule is O=C1OC2(c3ccccc31)c1cc(Br)c([O-])c(Br)c1Oc1c2cc(Br)c([O-])c1Br.[Pb+2]. The summed E-state index contributed by atoms with van der Waals surface area (Å²) in [6.45, 7) is 0. The molecule has 5 nitrogen and oxygen atoms in total. The molecular formula is C20H6Br4O5Pb. The van der Waals surface area contributed by atoms with Crippen molar-refractivity contribution in [1.29, 1.82) is 0 Å². The van der Waals surface area contributed by atoms with Crippen molar-refractivity contribution in [1.82, 2.24) is 0 Å². The molecule has 0 fully saturated rings. The van der Waals surface area contributed by atoms with E-state index in [-0.39, 0.29) is 68.2 Å². The van der Waals surface area contributed by atoms with E-state index in [2.05, 4.69) is 63.7 Å². The van der Waals surface area contributed by atoms with Crippen molar-refractivity contribution in [3.8, 4) is 23.0 Å². The molecule has 5 rings (SSSR count). The summed E-state index contributed by atoms with van der Waals surface area (Å²) in [6, 6.07) is 10.2. The van der Waals surface area contributed by atoms with E-state index in [1.165, 1.54) is 0 Å². The Hall–Kier alpha value is -0.628. The second-order valence-corrected chi connectivity index (χ2v) is 9.77. The van der Waals surface area contributed by atoms with Gasteiger partial charge in [-0.25, -0.2) is 4.79 Å². The molecule has 0 N–H and O–H groups in total. The van der Waals surface area contributed by atoms with Crippen LogP contribution in [-0.4, -0.2) is 33.3 Å². The quantitative estimate of drug-likeness (QED) is 0.233. The van der Waals surface area contributed by atoms with E-state index in [0.717, 1.165) is 0 Å². The molecule has 3 aromatic rings. The third-order valence-corrected chi connectivity index (χ3v) is 7.62. The Morgan fingerprint density at radius 1 is 0.800 bits per heavy atom. The van der Waals surface area contributed by atoms with Crippen LogP contribution in [0.5, 0.6) is 23.0 Å². The van der Waals surface area contributed by atoms with E-state index in [1.54, 1.807) is 36.4 Å². The van der Waals surface area contributed by atoms with Gasteiger partial charge in [-0.2, -0.15) is 0 Å². The molecule has 0 bridgehead atoms. The predicted octanol–water partition coefficient (Wildman–Crippen LogP) is 5.07. The molecule has 0 amide bonds. The van der Waals surface area contributed by atoms with Gasteiger partial charge in [0.2, 0.25) is 0 Å². The first-order chi connectivity index (χ1) is 13.8. The molecule has 0 unspecified atom stereocenters. The van der Waals surface area contributed by atoms with E-state index in [0.29, 0.717) is 22.3 Å². The summed E-state index contributed by atoms with van der Waals surface area (Å²) in [5, 5.41) is 25.0. The van der Waals surface area contributed by atoms with Gasteiger partial charge < -0.3 is 19.7 Å². The van der Waals surface area contributed by atoms with E-state index in [1.807, 2.05) is 0 Å². The Labute approximate surface area is 224 Å². The Kier molecular flexibility index (Phi) is 5.83. The van der Waals surface area contributed by atoms with Crippen molar-refractivity contribution in [2.45, 2.75) is 5.60 Å². The van der Waals surface area contributed by atoms with Gasteiger partial charge in [-0.15, -0.1) is 0 Å². The minimum absolute atomic E-state index is 0. The summed E-state index contributed by atoms with van der Waals surface area (Å²) < 4.78 is 12.9. The van der Waals surface area contributed by atoms with E-state index in [4.69, 9.17) is 9.47 Å². The van der Waals surface area contributed by atoms with E-state index in [9.17, 15) is 15.0 Å². The maximum Gasteiger partial charge on any atom is 2.00 e. The number of halogens is 4. The number of carbonyl (C=O) groups is 1. The van der Waals surface area contributed by atoms with Crippen LogP contribution >= 0.6 is 63.7 Å². The predicted molar refractivity (Wildman–Crippen MR) is 120 cm³/mol. The first kappa shape index (κ1) is 22.6. The number of ether oxygens (including phenoxy) is 2. The van der Waals surface area contributed by atoms with Crippen LogP contribution in [0.25, 0.3) is 0 Å². The van der Waals surface area contributed by atoms with Crippen LogP contribution in [0.1, 0.15) is 27.0 Å². The second-order valence-electron chi connectivity index (χ2n) is 6.47. The molecule has 10 heteroatoms. The number of benzene rings is 3. The number of hydrogen-bond donors (Lipinski definition) is 0. The van der Waals surface area contributed by atoms with Gasteiger partial charge in [0.05, 0.1) is 14.5 Å². The summed E-state index contributed by atoms with van der Waals surface area (Å²) in [7, 11) is 0. The van der Waals surface area contributed by atoms with Crippen molar-refractivity contribution in [2.75, 3.05) is 0 Å². The molecule has 0 saturated carbocycles. The molecule has 2 aliphatic rings. The maximum atomic E-state index is 12.8. The Morgan fingerprint density at radius 2 is 1.30 bits per heavy atom. The molecular weight excluding hydrogens is 847 g/mol. The summed E-state index contributed by atoms with van der Waals surface area (Å²) in [4.78, 5) is 12.8. The zero-order valence-electron chi connectivity index (χ0n) is 14.5. The smallest absolute Gasteiger partial charge is 0.871 e. The van der Waals surface area contributed by atoms with E-state index < -0.39 is 11.6 Å². The van der Waals surface area contributed by atoms with Gasteiger partial charge in [0.1, 0.15) is 11.5 Å². The number of rotatable bonds is 0. The van der Waals surface area contributed by atoms with Crippen LogP contribution in [-0.2, 0) is 10.3 Å². The molecule has 0 aromatic heterocycles. The van der Waals surface area contributed by atoms with Crippen LogP contribution in [0.2, 0.25) is 0 Å². The maximum absolute atomic E-state index is 12.8. The number of fused-ring (bicyclic) bond motifs is 6. The molecule has 30 heavy (non-hydrogen) atoms. The van der Waals surface area contributed by atoms with Crippen LogP contribution < -0.4 is 14.9 Å². The summed E-state index contributed by atoms with van der Waals surface area (Å²) >= 11 is 13.2. The zero-order valence-corrected chi connectivity index (χ0v) is 24.7. The molecule has 1 spiro atoms. The van der Waals surface area contributed by atoms with Crippen molar-refractivity contribution in [3.05, 3.63) is 76.5 Å². The molecule has 148 valence electrons. The van der Waals surface area contributed by atoms with Gasteiger partial charge in [0.25, 0.3) is 0 Å². The largest absolute Gasteiger partial charge is 2.00 e. The van der Waals surface area contributed by atoms with Crippen LogP contribution in [0.4, 0.5) is 0 Å². The van der Waals surface area contributed by atoms with E-state index >= 15 is 0 Å². The fourth-order valence-electron chi connectivity index (χ4n) is 3.75. The molecule has 2 radical (unpaired) electrons. The first-order valence-electron chi connectivity index (χ1n) is 8.17. The van der Waals surface area contributed by atoms with Crippen molar-refractivity contribution >= 4 is 97.0 Å². The monoisotopic (exact) mass is 850 g/mol. The number of carbonyl (C=O) groups excluding carboxylic acids is 1. The molecule has 3 aromatic carbocycles. The van der Waals surface area contributed by atoms with Gasteiger partial charge in [0.15, 0.2) is 5.60 Å². The second kappa shape index (κ2) is 7.75. The third-order valence-electron chi connectivity index (χ3n) is 5.00. The molecule has 0 aliphatic carbocycles. The minimum Gasteiger partial charge on any atom is -0.871 e. The molecule has 0 saturated heterocycles. The zero-order chi connectivity index (χ0) is 20.7. The molecule has 2 heterocycles. The van der Waals surface area contributed by atoms with Crippen LogP contribution in [0, 0.1) is 0 Å². The van der Waals surface area contributed by atoms with Crippen molar-refractivity contribution < 1.29 is 24.5 Å². The number of esters is 1. The molecule has 2 aliphatic heterocycles. The summed E-state index contributed by atoms with van der Waals surface area (Å²) in [5.41, 5.74) is 0.570.